The second kappa shape index (κ2) is 34.2. The number of rotatable bonds is 15. The molecule has 2 atom stereocenters. The number of nitrogens with one attached hydrogen (secondary N) is 5. The van der Waals surface area contributed by atoms with Crippen LogP contribution in [-0.4, -0.2) is 73.8 Å². The minimum Gasteiger partial charge on any atom is -0.355 e. The molecule has 0 rings (SSSR count). The van der Waals surface area contributed by atoms with Gasteiger partial charge in [0.2, 0.25) is 29.5 Å². The van der Waals surface area contributed by atoms with Crippen molar-refractivity contribution in [2.45, 2.75) is 116 Å². The Morgan fingerprint density at radius 1 is 0.614 bits per heavy atom. The summed E-state index contributed by atoms with van der Waals surface area (Å²) in [5.41, 5.74) is 0. The second-order valence-electron chi connectivity index (χ2n) is 10.2. The maximum Gasteiger partial charge on any atom is 0.243 e. The van der Waals surface area contributed by atoms with Gasteiger partial charge in [-0.05, 0) is 31.6 Å². The SMILES string of the molecule is CC.CC.CC=O.CCC(=O)CC(C)C.CCNC(=O)CNC(=O)C(NC(=O)CNC(=O)CNC(=O)C(C)C(C)C)C(C)C. The molecule has 0 heterocycles. The normalized spacial score (nSPS) is 10.8. The van der Waals surface area contributed by atoms with Gasteiger partial charge in [0.25, 0.3) is 0 Å². The van der Waals surface area contributed by atoms with Crippen LogP contribution in [0.15, 0.2) is 0 Å². The molecule has 44 heavy (non-hydrogen) atoms. The highest BCUT2D eigenvalue weighted by atomic mass is 16.2. The van der Waals surface area contributed by atoms with Crippen molar-refractivity contribution in [3.63, 3.8) is 0 Å². The van der Waals surface area contributed by atoms with E-state index in [-0.39, 0.29) is 49.2 Å². The molecule has 0 bridgehead atoms. The zero-order valence-electron chi connectivity index (χ0n) is 30.1. The van der Waals surface area contributed by atoms with Gasteiger partial charge in [-0.2, -0.15) is 0 Å². The van der Waals surface area contributed by atoms with Crippen LogP contribution >= 0.6 is 0 Å². The molecule has 0 aliphatic carbocycles. The van der Waals surface area contributed by atoms with Gasteiger partial charge in [-0.25, -0.2) is 0 Å². The Hall–Kier alpha value is -3.31. The molecule has 5 amide bonds. The lowest BCUT2D eigenvalue weighted by atomic mass is 9.97. The van der Waals surface area contributed by atoms with Crippen LogP contribution in [0.1, 0.15) is 110 Å². The molecule has 12 nitrogen and oxygen atoms in total. The van der Waals surface area contributed by atoms with Crippen LogP contribution in [0.4, 0.5) is 0 Å². The zero-order chi connectivity index (χ0) is 35.8. The van der Waals surface area contributed by atoms with Crippen molar-refractivity contribution in [3.05, 3.63) is 0 Å². The Bertz CT molecular complexity index is 800. The Kier molecular flexibility index (Phi) is 39.1. The van der Waals surface area contributed by atoms with E-state index in [9.17, 15) is 28.8 Å². The summed E-state index contributed by atoms with van der Waals surface area (Å²) in [4.78, 5) is 78.8. The molecule has 260 valence electrons. The fraction of sp³-hybridized carbons (Fsp3) is 0.781. The number of carbonyl (C=O) groups excluding carboxylic acids is 7. The van der Waals surface area contributed by atoms with Crippen LogP contribution in [-0.2, 0) is 33.6 Å². The molecule has 12 heteroatoms. The number of aldehydes is 1. The van der Waals surface area contributed by atoms with E-state index in [2.05, 4.69) is 40.4 Å². The predicted octanol–water partition coefficient (Wildman–Crippen LogP) is 3.17. The highest BCUT2D eigenvalue weighted by Gasteiger charge is 2.24. The van der Waals surface area contributed by atoms with Gasteiger partial charge in [0.15, 0.2) is 0 Å². The molecule has 0 aromatic carbocycles. The van der Waals surface area contributed by atoms with E-state index in [1.165, 1.54) is 6.92 Å². The molecular formula is C32H65N5O7. The number of likely N-dealkylation sites (N-methyl/N-ethyl adjacent to an activating group) is 1. The number of hydrogen-bond donors (Lipinski definition) is 5. The van der Waals surface area contributed by atoms with Gasteiger partial charge in [-0.3, -0.25) is 28.8 Å². The van der Waals surface area contributed by atoms with Gasteiger partial charge in [0.05, 0.1) is 19.6 Å². The van der Waals surface area contributed by atoms with Crippen molar-refractivity contribution in [3.8, 4) is 0 Å². The lowest BCUT2D eigenvalue weighted by Crippen LogP contribution is -2.53. The van der Waals surface area contributed by atoms with Crippen molar-refractivity contribution in [1.29, 1.82) is 0 Å². The first-order valence-electron chi connectivity index (χ1n) is 15.9. The quantitative estimate of drug-likeness (QED) is 0.172. The fourth-order valence-corrected chi connectivity index (χ4v) is 2.77. The molecule has 0 radical (unpaired) electrons. The Labute approximate surface area is 267 Å². The van der Waals surface area contributed by atoms with Crippen molar-refractivity contribution in [1.82, 2.24) is 26.6 Å². The van der Waals surface area contributed by atoms with Gasteiger partial charge in [-0.15, -0.1) is 0 Å². The fourth-order valence-electron chi connectivity index (χ4n) is 2.77. The molecule has 0 spiro atoms. The number of carbonyl (C=O) groups is 7. The molecular weight excluding hydrogens is 566 g/mol. The lowest BCUT2D eigenvalue weighted by Gasteiger charge is -2.21. The molecule has 0 aliphatic heterocycles. The minimum absolute atomic E-state index is 0.149. The van der Waals surface area contributed by atoms with Crippen molar-refractivity contribution in [2.24, 2.45) is 23.7 Å². The van der Waals surface area contributed by atoms with Crippen LogP contribution in [0.3, 0.4) is 0 Å². The van der Waals surface area contributed by atoms with Gasteiger partial charge < -0.3 is 31.4 Å². The molecule has 2 unspecified atom stereocenters. The smallest absolute Gasteiger partial charge is 0.243 e. The summed E-state index contributed by atoms with van der Waals surface area (Å²) >= 11 is 0. The second-order valence-corrected chi connectivity index (χ2v) is 10.2. The number of Topliss-reactive ketones (excluding diaryl/α,β-unsaturated/α-hetero) is 1. The molecule has 0 aromatic heterocycles. The number of ketones is 1. The van der Waals surface area contributed by atoms with E-state index >= 15 is 0 Å². The van der Waals surface area contributed by atoms with E-state index in [4.69, 9.17) is 4.79 Å². The van der Waals surface area contributed by atoms with Crippen LogP contribution in [0.5, 0.6) is 0 Å². The van der Waals surface area contributed by atoms with Gasteiger partial charge in [0, 0.05) is 25.3 Å². The van der Waals surface area contributed by atoms with E-state index in [1.807, 2.05) is 48.5 Å². The lowest BCUT2D eigenvalue weighted by molar-refractivity contribution is -0.132. The Morgan fingerprint density at radius 2 is 1.02 bits per heavy atom. The third-order valence-corrected chi connectivity index (χ3v) is 5.38. The van der Waals surface area contributed by atoms with E-state index < -0.39 is 23.8 Å². The highest BCUT2D eigenvalue weighted by Crippen LogP contribution is 2.08. The maximum absolute atomic E-state index is 12.2. The van der Waals surface area contributed by atoms with Gasteiger partial charge in [0.1, 0.15) is 18.1 Å². The van der Waals surface area contributed by atoms with E-state index in [0.29, 0.717) is 24.7 Å². The van der Waals surface area contributed by atoms with Crippen LogP contribution in [0.2, 0.25) is 0 Å². The summed E-state index contributed by atoms with van der Waals surface area (Å²) in [7, 11) is 0. The standard InChI is InChI=1S/C19H35N5O5.C7H14O.C2H4O.2C2H6/c1-7-20-14(25)8-23-19(29)17(12(4)5)24-16(27)10-21-15(26)9-22-18(28)13(6)11(2)3;1-4-7(8)5-6(2)3;1-2-3;2*1-2/h11-13,17H,7-10H2,1-6H3,(H,20,25)(H,21,26)(H,22,28)(H,23,29)(H,24,27);6H,4-5H2,1-3H3;2H,1H3;2*1-2H3. The summed E-state index contributed by atoms with van der Waals surface area (Å²) in [6.45, 7) is 26.0. The molecule has 0 aliphatic rings. The highest BCUT2D eigenvalue weighted by molar-refractivity contribution is 5.92. The minimum atomic E-state index is -0.847. The third kappa shape index (κ3) is 33.2. The Morgan fingerprint density at radius 3 is 1.36 bits per heavy atom. The molecule has 0 saturated heterocycles. The van der Waals surface area contributed by atoms with Crippen LogP contribution < -0.4 is 26.6 Å². The van der Waals surface area contributed by atoms with Crippen molar-refractivity contribution >= 4 is 41.6 Å². The van der Waals surface area contributed by atoms with E-state index in [1.54, 1.807) is 27.7 Å². The summed E-state index contributed by atoms with van der Waals surface area (Å²) in [6.07, 6.45) is 2.19. The summed E-state index contributed by atoms with van der Waals surface area (Å²) in [6, 6.07) is -0.847. The maximum atomic E-state index is 12.2. The number of hydrogen-bond acceptors (Lipinski definition) is 7. The predicted molar refractivity (Wildman–Crippen MR) is 178 cm³/mol. The average molecular weight is 632 g/mol. The first-order valence-corrected chi connectivity index (χ1v) is 15.9. The Balaban J connectivity index is -0.000000280. The summed E-state index contributed by atoms with van der Waals surface area (Å²) < 4.78 is 0. The topological polar surface area (TPSA) is 180 Å². The van der Waals surface area contributed by atoms with Crippen molar-refractivity contribution < 1.29 is 33.6 Å². The van der Waals surface area contributed by atoms with E-state index in [0.717, 1.165) is 12.7 Å². The van der Waals surface area contributed by atoms with Gasteiger partial charge >= 0.3 is 0 Å². The monoisotopic (exact) mass is 631 g/mol. The molecule has 0 saturated carbocycles. The van der Waals surface area contributed by atoms with Crippen LogP contribution in [0, 0.1) is 23.7 Å². The molecule has 0 fully saturated rings. The van der Waals surface area contributed by atoms with Crippen LogP contribution in [0.25, 0.3) is 0 Å². The van der Waals surface area contributed by atoms with Crippen molar-refractivity contribution in [2.75, 3.05) is 26.2 Å². The molecule has 5 N–H and O–H groups in total. The summed E-state index contributed by atoms with van der Waals surface area (Å²) in [5.74, 6) is -1.49. The molecule has 0 aromatic rings. The van der Waals surface area contributed by atoms with Gasteiger partial charge in [-0.1, -0.05) is 83.1 Å². The largest absolute Gasteiger partial charge is 0.355 e. The first-order chi connectivity index (χ1) is 20.6. The zero-order valence-corrected chi connectivity index (χ0v) is 30.1. The summed E-state index contributed by atoms with van der Waals surface area (Å²) in [5, 5.41) is 12.5. The first kappa shape index (κ1) is 50.3. The third-order valence-electron chi connectivity index (χ3n) is 5.38. The number of amides is 5. The average Bonchev–Trinajstić information content (AvgIpc) is 2.98.